The second kappa shape index (κ2) is 4.20. The molecular formula is C11H14ClNO. The number of hydrogen-bond donors (Lipinski definition) is 1. The Morgan fingerprint density at radius 3 is 2.64 bits per heavy atom. The highest BCUT2D eigenvalue weighted by molar-refractivity contribution is 6.21. The molecule has 14 heavy (non-hydrogen) atoms. The monoisotopic (exact) mass is 211 g/mol. The van der Waals surface area contributed by atoms with E-state index in [9.17, 15) is 5.11 Å². The van der Waals surface area contributed by atoms with Crippen LogP contribution in [0.1, 0.15) is 12.8 Å². The molecular weight excluding hydrogens is 198 g/mol. The van der Waals surface area contributed by atoms with Gasteiger partial charge < -0.3 is 10.0 Å². The van der Waals surface area contributed by atoms with Gasteiger partial charge >= 0.3 is 0 Å². The highest BCUT2D eigenvalue weighted by Gasteiger charge is 2.25. The van der Waals surface area contributed by atoms with E-state index in [0.29, 0.717) is 6.42 Å². The topological polar surface area (TPSA) is 23.5 Å². The first-order valence-electron chi connectivity index (χ1n) is 4.91. The molecule has 1 aliphatic rings. The fraction of sp³-hybridized carbons (Fsp3) is 0.455. The number of aliphatic hydroxyl groups excluding tert-OH is 1. The van der Waals surface area contributed by atoms with E-state index < -0.39 is 0 Å². The molecule has 0 bridgehead atoms. The zero-order chi connectivity index (χ0) is 9.97. The predicted octanol–water partition coefficient (Wildman–Crippen LogP) is 2.21. The first kappa shape index (κ1) is 9.81. The molecule has 1 saturated heterocycles. The van der Waals surface area contributed by atoms with Gasteiger partial charge in [-0.05, 0) is 18.6 Å². The summed E-state index contributed by atoms with van der Waals surface area (Å²) in [5.41, 5.74) is 1.06. The van der Waals surface area contributed by atoms with Crippen LogP contribution in [-0.4, -0.2) is 23.3 Å². The van der Waals surface area contributed by atoms with Gasteiger partial charge in [-0.1, -0.05) is 29.8 Å². The molecule has 3 heteroatoms. The maximum absolute atomic E-state index is 9.43. The van der Waals surface area contributed by atoms with Crippen molar-refractivity contribution in [3.63, 3.8) is 0 Å². The van der Waals surface area contributed by atoms with Crippen molar-refractivity contribution in [1.29, 1.82) is 0 Å². The van der Waals surface area contributed by atoms with Gasteiger partial charge in [-0.3, -0.25) is 0 Å². The third kappa shape index (κ3) is 2.02. The molecule has 2 unspecified atom stereocenters. The molecule has 1 N–H and O–H groups in total. The van der Waals surface area contributed by atoms with Gasteiger partial charge in [0, 0.05) is 18.7 Å². The molecule has 0 spiro atoms. The Labute approximate surface area is 89.1 Å². The third-order valence-corrected chi connectivity index (χ3v) is 3.01. The minimum Gasteiger partial charge on any atom is -0.393 e. The highest BCUT2D eigenvalue weighted by Crippen LogP contribution is 2.26. The summed E-state index contributed by atoms with van der Waals surface area (Å²) in [5.74, 6) is 0. The normalized spacial score (nSPS) is 27.7. The molecule has 2 atom stereocenters. The molecule has 0 aliphatic carbocycles. The van der Waals surface area contributed by atoms with Crippen LogP contribution in [0.5, 0.6) is 0 Å². The van der Waals surface area contributed by atoms with Crippen molar-refractivity contribution < 1.29 is 5.11 Å². The standard InChI is InChI=1S/C11H14ClNO/c12-11-8-10(14)6-7-13(11)9-4-2-1-3-5-9/h1-5,10-11,14H,6-8H2. The van der Waals surface area contributed by atoms with Crippen molar-refractivity contribution in [2.45, 2.75) is 24.4 Å². The number of anilines is 1. The summed E-state index contributed by atoms with van der Waals surface area (Å²) in [6.07, 6.45) is 1.21. The molecule has 0 amide bonds. The summed E-state index contributed by atoms with van der Waals surface area (Å²) in [5, 5.41) is 9.43. The zero-order valence-corrected chi connectivity index (χ0v) is 8.69. The number of rotatable bonds is 1. The summed E-state index contributed by atoms with van der Waals surface area (Å²) in [4.78, 5) is 2.13. The lowest BCUT2D eigenvalue weighted by molar-refractivity contribution is 0.140. The van der Waals surface area contributed by atoms with Crippen molar-refractivity contribution in [3.8, 4) is 0 Å². The van der Waals surface area contributed by atoms with Gasteiger partial charge in [0.05, 0.1) is 6.10 Å². The van der Waals surface area contributed by atoms with E-state index in [1.165, 1.54) is 0 Å². The van der Waals surface area contributed by atoms with Crippen LogP contribution < -0.4 is 4.90 Å². The van der Waals surface area contributed by atoms with Crippen LogP contribution in [0.3, 0.4) is 0 Å². The Kier molecular flexibility index (Phi) is 2.94. The Morgan fingerprint density at radius 2 is 2.00 bits per heavy atom. The number of benzene rings is 1. The van der Waals surface area contributed by atoms with Gasteiger partial charge in [-0.2, -0.15) is 0 Å². The van der Waals surface area contributed by atoms with Crippen molar-refractivity contribution in [2.24, 2.45) is 0 Å². The Morgan fingerprint density at radius 1 is 1.29 bits per heavy atom. The summed E-state index contributed by atoms with van der Waals surface area (Å²) in [7, 11) is 0. The van der Waals surface area contributed by atoms with E-state index in [0.717, 1.165) is 18.7 Å². The van der Waals surface area contributed by atoms with Crippen molar-refractivity contribution in [3.05, 3.63) is 30.3 Å². The van der Waals surface area contributed by atoms with Crippen LogP contribution in [0.15, 0.2) is 30.3 Å². The largest absolute Gasteiger partial charge is 0.393 e. The second-order valence-electron chi connectivity index (χ2n) is 3.64. The average Bonchev–Trinajstić information content (AvgIpc) is 2.19. The molecule has 1 heterocycles. The van der Waals surface area contributed by atoms with Gasteiger partial charge in [0.15, 0.2) is 0 Å². The second-order valence-corrected chi connectivity index (χ2v) is 4.15. The van der Waals surface area contributed by atoms with E-state index >= 15 is 0 Å². The quantitative estimate of drug-likeness (QED) is 0.569. The lowest BCUT2D eigenvalue weighted by Crippen LogP contribution is -2.41. The van der Waals surface area contributed by atoms with E-state index in [1.807, 2.05) is 30.3 Å². The molecule has 1 aromatic carbocycles. The fourth-order valence-electron chi connectivity index (χ4n) is 1.81. The van der Waals surface area contributed by atoms with E-state index in [-0.39, 0.29) is 11.6 Å². The van der Waals surface area contributed by atoms with Gasteiger partial charge in [0.25, 0.3) is 0 Å². The van der Waals surface area contributed by atoms with E-state index in [4.69, 9.17) is 11.6 Å². The Hall–Kier alpha value is -0.730. The maximum Gasteiger partial charge on any atom is 0.106 e. The number of aliphatic hydroxyl groups is 1. The van der Waals surface area contributed by atoms with Crippen LogP contribution >= 0.6 is 11.6 Å². The smallest absolute Gasteiger partial charge is 0.106 e. The van der Waals surface area contributed by atoms with Crippen LogP contribution in [-0.2, 0) is 0 Å². The summed E-state index contributed by atoms with van der Waals surface area (Å²) < 4.78 is 0. The molecule has 1 aliphatic heterocycles. The number of alkyl halides is 1. The lowest BCUT2D eigenvalue weighted by atomic mass is 10.1. The fourth-order valence-corrected chi connectivity index (χ4v) is 2.22. The minimum atomic E-state index is -0.238. The Bertz CT molecular complexity index is 291. The molecule has 2 nitrogen and oxygen atoms in total. The minimum absolute atomic E-state index is 0.0823. The molecule has 0 aromatic heterocycles. The summed E-state index contributed by atoms with van der Waals surface area (Å²) in [6, 6.07) is 10.1. The Balaban J connectivity index is 2.12. The van der Waals surface area contributed by atoms with Crippen molar-refractivity contribution >= 4 is 17.3 Å². The maximum atomic E-state index is 9.43. The third-order valence-electron chi connectivity index (χ3n) is 2.60. The number of halogens is 1. The first-order valence-corrected chi connectivity index (χ1v) is 5.35. The molecule has 0 saturated carbocycles. The van der Waals surface area contributed by atoms with Crippen LogP contribution in [0, 0.1) is 0 Å². The van der Waals surface area contributed by atoms with Gasteiger partial charge in [0.2, 0.25) is 0 Å². The number of para-hydroxylation sites is 1. The number of piperidine rings is 1. The van der Waals surface area contributed by atoms with Crippen LogP contribution in [0.2, 0.25) is 0 Å². The number of nitrogens with zero attached hydrogens (tertiary/aromatic N) is 1. The van der Waals surface area contributed by atoms with Gasteiger partial charge in [-0.15, -0.1) is 0 Å². The molecule has 1 aromatic rings. The molecule has 0 radical (unpaired) electrons. The average molecular weight is 212 g/mol. The van der Waals surface area contributed by atoms with Gasteiger partial charge in [0.1, 0.15) is 5.50 Å². The van der Waals surface area contributed by atoms with Crippen molar-refractivity contribution in [1.82, 2.24) is 0 Å². The molecule has 1 fully saturated rings. The van der Waals surface area contributed by atoms with E-state index in [1.54, 1.807) is 0 Å². The molecule has 2 rings (SSSR count). The highest BCUT2D eigenvalue weighted by atomic mass is 35.5. The van der Waals surface area contributed by atoms with Crippen LogP contribution in [0.25, 0.3) is 0 Å². The SMILES string of the molecule is OC1CCN(c2ccccc2)C(Cl)C1. The van der Waals surface area contributed by atoms with Gasteiger partial charge in [-0.25, -0.2) is 0 Å². The van der Waals surface area contributed by atoms with E-state index in [2.05, 4.69) is 4.90 Å². The summed E-state index contributed by atoms with van der Waals surface area (Å²) >= 11 is 6.18. The first-order chi connectivity index (χ1) is 6.77. The van der Waals surface area contributed by atoms with Crippen LogP contribution in [0.4, 0.5) is 5.69 Å². The summed E-state index contributed by atoms with van der Waals surface area (Å²) in [6.45, 7) is 0.833. The number of hydrogen-bond acceptors (Lipinski definition) is 2. The van der Waals surface area contributed by atoms with Crippen molar-refractivity contribution in [2.75, 3.05) is 11.4 Å². The molecule has 76 valence electrons. The predicted molar refractivity (Wildman–Crippen MR) is 58.7 cm³/mol. The zero-order valence-electron chi connectivity index (χ0n) is 7.94. The lowest BCUT2D eigenvalue weighted by Gasteiger charge is -2.35.